The van der Waals surface area contributed by atoms with Crippen LogP contribution in [0.3, 0.4) is 0 Å². The summed E-state index contributed by atoms with van der Waals surface area (Å²) in [7, 11) is 0. The van der Waals surface area contributed by atoms with E-state index in [9.17, 15) is 4.79 Å². The molecule has 1 atom stereocenters. The number of hydrogen-bond donors (Lipinski definition) is 1. The fourth-order valence-electron chi connectivity index (χ4n) is 2.38. The lowest BCUT2D eigenvalue weighted by Crippen LogP contribution is -2.30. The number of benzene rings is 1. The highest BCUT2D eigenvalue weighted by Crippen LogP contribution is 2.19. The Kier molecular flexibility index (Phi) is 6.99. The molecular weight excluding hydrogens is 288 g/mol. The van der Waals surface area contributed by atoms with Gasteiger partial charge in [-0.1, -0.05) is 26.0 Å². The fourth-order valence-corrected chi connectivity index (χ4v) is 2.38. The molecule has 1 aliphatic rings. The van der Waals surface area contributed by atoms with Gasteiger partial charge >= 0.3 is 0 Å². The minimum atomic E-state index is 0. The summed E-state index contributed by atoms with van der Waals surface area (Å²) in [5.41, 5.74) is 6.99. The van der Waals surface area contributed by atoms with E-state index >= 15 is 0 Å². The van der Waals surface area contributed by atoms with E-state index in [4.69, 9.17) is 10.5 Å². The van der Waals surface area contributed by atoms with E-state index < -0.39 is 0 Å². The molecule has 1 aromatic rings. The molecule has 1 fully saturated rings. The third kappa shape index (κ3) is 4.90. The lowest BCUT2D eigenvalue weighted by molar-refractivity contribution is 0.0484. The summed E-state index contributed by atoms with van der Waals surface area (Å²) < 4.78 is 5.84. The van der Waals surface area contributed by atoms with Crippen LogP contribution in [0.1, 0.15) is 37.0 Å². The highest BCUT2D eigenvalue weighted by molar-refractivity contribution is 5.99. The van der Waals surface area contributed by atoms with Crippen LogP contribution in [0.2, 0.25) is 0 Å². The van der Waals surface area contributed by atoms with Crippen molar-refractivity contribution in [3.63, 3.8) is 0 Å². The highest BCUT2D eigenvalue weighted by Gasteiger charge is 2.28. The third-order valence-electron chi connectivity index (χ3n) is 3.67. The summed E-state index contributed by atoms with van der Waals surface area (Å²) in [4.78, 5) is 14.2. The van der Waals surface area contributed by atoms with E-state index in [0.717, 1.165) is 26.0 Å². The Morgan fingerprint density at radius 3 is 2.81 bits per heavy atom. The maximum Gasteiger partial charge on any atom is 0.256 e. The second-order valence-corrected chi connectivity index (χ2v) is 5.80. The first kappa shape index (κ1) is 17.8. The number of ether oxygens (including phenoxy) is 1. The molecule has 2 rings (SSSR count). The number of nitrogens with two attached hydrogens (primary N) is 1. The number of nitrogens with zero attached hydrogens (tertiary/aromatic N) is 1. The Morgan fingerprint density at radius 2 is 2.14 bits per heavy atom. The van der Waals surface area contributed by atoms with Gasteiger partial charge in [-0.15, -0.1) is 12.4 Å². The number of para-hydroxylation sites is 1. The molecule has 0 radical (unpaired) electrons. The maximum absolute atomic E-state index is 12.4. The first-order chi connectivity index (χ1) is 9.58. The molecule has 0 aromatic heterocycles. The zero-order valence-electron chi connectivity index (χ0n) is 12.7. The Bertz CT molecular complexity index is 465. The second-order valence-electron chi connectivity index (χ2n) is 5.80. The van der Waals surface area contributed by atoms with Crippen LogP contribution in [-0.4, -0.2) is 36.6 Å². The Balaban J connectivity index is 0.00000220. The zero-order valence-corrected chi connectivity index (χ0v) is 13.6. The highest BCUT2D eigenvalue weighted by atomic mass is 35.5. The lowest BCUT2D eigenvalue weighted by Gasteiger charge is -2.18. The van der Waals surface area contributed by atoms with Crippen LogP contribution >= 0.6 is 12.4 Å². The van der Waals surface area contributed by atoms with Crippen molar-refractivity contribution in [3.05, 3.63) is 29.8 Å². The molecule has 0 spiro atoms. The quantitative estimate of drug-likeness (QED) is 0.850. The normalized spacial score (nSPS) is 17.9. The van der Waals surface area contributed by atoms with Crippen molar-refractivity contribution in [2.75, 3.05) is 25.4 Å². The molecule has 21 heavy (non-hydrogen) atoms. The molecule has 0 bridgehead atoms. The van der Waals surface area contributed by atoms with Gasteiger partial charge in [-0.25, -0.2) is 0 Å². The maximum atomic E-state index is 12.4. The van der Waals surface area contributed by atoms with Crippen molar-refractivity contribution in [2.45, 2.75) is 32.8 Å². The van der Waals surface area contributed by atoms with Gasteiger partial charge in [0.25, 0.3) is 5.91 Å². The van der Waals surface area contributed by atoms with E-state index in [2.05, 4.69) is 13.8 Å². The Labute approximate surface area is 133 Å². The first-order valence-corrected chi connectivity index (χ1v) is 7.33. The van der Waals surface area contributed by atoms with Gasteiger partial charge in [-0.2, -0.15) is 0 Å². The molecule has 0 saturated carbocycles. The summed E-state index contributed by atoms with van der Waals surface area (Å²) in [5.74, 6) is 0.663. The molecule has 1 saturated heterocycles. The van der Waals surface area contributed by atoms with Gasteiger partial charge in [0, 0.05) is 25.4 Å². The predicted octanol–water partition coefficient (Wildman–Crippen LogP) is 2.97. The molecule has 1 unspecified atom stereocenters. The fraction of sp³-hybridized carbons (Fsp3) is 0.562. The molecule has 1 heterocycles. The number of nitrogen functional groups attached to an aromatic ring is 1. The summed E-state index contributed by atoms with van der Waals surface area (Å²) in [6.07, 6.45) is 2.15. The van der Waals surface area contributed by atoms with Crippen LogP contribution in [0.15, 0.2) is 24.3 Å². The van der Waals surface area contributed by atoms with Gasteiger partial charge in [-0.05, 0) is 30.9 Å². The number of likely N-dealkylation sites (tertiary alicyclic amines) is 1. The number of halogens is 1. The van der Waals surface area contributed by atoms with Gasteiger partial charge in [0.2, 0.25) is 0 Å². The van der Waals surface area contributed by atoms with E-state index in [1.165, 1.54) is 0 Å². The van der Waals surface area contributed by atoms with E-state index in [-0.39, 0.29) is 24.4 Å². The smallest absolute Gasteiger partial charge is 0.256 e. The van der Waals surface area contributed by atoms with Gasteiger partial charge in [0.15, 0.2) is 0 Å². The van der Waals surface area contributed by atoms with Crippen LogP contribution in [0.4, 0.5) is 5.69 Å². The molecule has 1 aliphatic heterocycles. The standard InChI is InChI=1S/C16H24N2O2.ClH/c1-12(2)8-10-20-13-7-9-18(11-13)16(19)14-5-3-4-6-15(14)17;/h3-6,12-13H,7-11,17H2,1-2H3;1H. The SMILES string of the molecule is CC(C)CCOC1CCN(C(=O)c2ccccc2N)C1.Cl. The van der Waals surface area contributed by atoms with Gasteiger partial charge in [0.05, 0.1) is 11.7 Å². The average molecular weight is 313 g/mol. The van der Waals surface area contributed by atoms with Gasteiger partial charge in [0.1, 0.15) is 0 Å². The minimum absolute atomic E-state index is 0. The van der Waals surface area contributed by atoms with Crippen LogP contribution < -0.4 is 5.73 Å². The van der Waals surface area contributed by atoms with Crippen molar-refractivity contribution in [2.24, 2.45) is 5.92 Å². The molecule has 1 amide bonds. The topological polar surface area (TPSA) is 55.6 Å². The molecular formula is C16H25ClN2O2. The Hall–Kier alpha value is -1.26. The molecule has 5 heteroatoms. The molecule has 4 nitrogen and oxygen atoms in total. The molecule has 0 aliphatic carbocycles. The second kappa shape index (κ2) is 8.25. The van der Waals surface area contributed by atoms with Crippen molar-refractivity contribution >= 4 is 24.0 Å². The van der Waals surface area contributed by atoms with Crippen molar-refractivity contribution < 1.29 is 9.53 Å². The summed E-state index contributed by atoms with van der Waals surface area (Å²) in [6.45, 7) is 6.57. The number of carbonyl (C=O) groups is 1. The predicted molar refractivity (Wildman–Crippen MR) is 87.8 cm³/mol. The van der Waals surface area contributed by atoms with Crippen molar-refractivity contribution in [3.8, 4) is 0 Å². The average Bonchev–Trinajstić information content (AvgIpc) is 2.87. The number of hydrogen-bond acceptors (Lipinski definition) is 3. The number of carbonyl (C=O) groups excluding carboxylic acids is 1. The van der Waals surface area contributed by atoms with Crippen molar-refractivity contribution in [1.29, 1.82) is 0 Å². The van der Waals surface area contributed by atoms with Crippen molar-refractivity contribution in [1.82, 2.24) is 4.90 Å². The summed E-state index contributed by atoms with van der Waals surface area (Å²) in [5, 5.41) is 0. The van der Waals surface area contributed by atoms with Crippen LogP contribution in [0.25, 0.3) is 0 Å². The largest absolute Gasteiger partial charge is 0.398 e. The van der Waals surface area contributed by atoms with Gasteiger partial charge < -0.3 is 15.4 Å². The zero-order chi connectivity index (χ0) is 14.5. The number of amides is 1. The summed E-state index contributed by atoms with van der Waals surface area (Å²) >= 11 is 0. The van der Waals surface area contributed by atoms with E-state index in [1.54, 1.807) is 12.1 Å². The van der Waals surface area contributed by atoms with Crippen LogP contribution in [0.5, 0.6) is 0 Å². The molecule has 1 aromatic carbocycles. The third-order valence-corrected chi connectivity index (χ3v) is 3.67. The lowest BCUT2D eigenvalue weighted by atomic mass is 10.1. The van der Waals surface area contributed by atoms with E-state index in [0.29, 0.717) is 23.7 Å². The summed E-state index contributed by atoms with van der Waals surface area (Å²) in [6, 6.07) is 7.23. The molecule has 118 valence electrons. The number of anilines is 1. The minimum Gasteiger partial charge on any atom is -0.398 e. The van der Waals surface area contributed by atoms with Gasteiger partial charge in [-0.3, -0.25) is 4.79 Å². The van der Waals surface area contributed by atoms with Crippen LogP contribution in [0, 0.1) is 5.92 Å². The van der Waals surface area contributed by atoms with Crippen LogP contribution in [-0.2, 0) is 4.74 Å². The molecule has 2 N–H and O–H groups in total. The number of rotatable bonds is 5. The monoisotopic (exact) mass is 312 g/mol. The Morgan fingerprint density at radius 1 is 1.43 bits per heavy atom. The van der Waals surface area contributed by atoms with E-state index in [1.807, 2.05) is 17.0 Å². The first-order valence-electron chi connectivity index (χ1n) is 7.33.